The smallest absolute Gasteiger partial charge is 0.244 e. The molecule has 1 aliphatic carbocycles. The van der Waals surface area contributed by atoms with Crippen LogP contribution in [-0.2, 0) is 21.2 Å². The van der Waals surface area contributed by atoms with Crippen LogP contribution in [0.2, 0.25) is 5.02 Å². The Hall–Kier alpha value is -2.25. The Morgan fingerprint density at radius 3 is 2.69 bits per heavy atom. The number of methoxy groups -OCH3 is 1. The number of fused-ring (bicyclic) bond motifs is 1. The molecular formula is C21H25ClN2O4S. The first-order chi connectivity index (χ1) is 13.7. The second-order valence-electron chi connectivity index (χ2n) is 7.20. The lowest BCUT2D eigenvalue weighted by Gasteiger charge is -2.32. The average molecular weight is 437 g/mol. The van der Waals surface area contributed by atoms with Crippen molar-refractivity contribution in [1.29, 1.82) is 0 Å². The van der Waals surface area contributed by atoms with Gasteiger partial charge in [-0.15, -0.1) is 0 Å². The van der Waals surface area contributed by atoms with Gasteiger partial charge >= 0.3 is 0 Å². The minimum absolute atomic E-state index is 0.141. The van der Waals surface area contributed by atoms with Crippen molar-refractivity contribution in [1.82, 2.24) is 5.32 Å². The molecule has 0 bridgehead atoms. The van der Waals surface area contributed by atoms with Gasteiger partial charge in [0.2, 0.25) is 15.9 Å². The number of hydrogen-bond donors (Lipinski definition) is 1. The first-order valence-electron chi connectivity index (χ1n) is 9.43. The Labute approximate surface area is 176 Å². The van der Waals surface area contributed by atoms with Gasteiger partial charge in [-0.25, -0.2) is 8.42 Å². The van der Waals surface area contributed by atoms with Crippen LogP contribution in [0.5, 0.6) is 5.75 Å². The number of hydrogen-bond acceptors (Lipinski definition) is 4. The number of halogens is 1. The highest BCUT2D eigenvalue weighted by atomic mass is 35.5. The molecule has 0 aromatic heterocycles. The summed E-state index contributed by atoms with van der Waals surface area (Å²) in [5, 5.41) is 3.38. The number of nitrogens with zero attached hydrogens (tertiary/aromatic N) is 1. The highest BCUT2D eigenvalue weighted by molar-refractivity contribution is 7.92. The minimum atomic E-state index is -3.78. The first-order valence-corrected chi connectivity index (χ1v) is 11.7. The molecule has 2 aromatic carbocycles. The van der Waals surface area contributed by atoms with E-state index in [0.29, 0.717) is 10.8 Å². The average Bonchev–Trinajstić information content (AvgIpc) is 2.67. The van der Waals surface area contributed by atoms with Crippen LogP contribution in [0.25, 0.3) is 0 Å². The zero-order chi connectivity index (χ0) is 21.2. The number of carbonyl (C=O) groups excluding carboxylic acids is 1. The highest BCUT2D eigenvalue weighted by Crippen LogP contribution is 2.35. The van der Waals surface area contributed by atoms with Crippen molar-refractivity contribution in [3.05, 3.63) is 58.6 Å². The third-order valence-corrected chi connectivity index (χ3v) is 6.62. The molecular weight excluding hydrogens is 412 g/mol. The molecule has 1 aliphatic rings. The molecule has 0 fully saturated rings. The monoisotopic (exact) mass is 436 g/mol. The van der Waals surface area contributed by atoms with Crippen molar-refractivity contribution in [2.75, 3.05) is 17.7 Å². The molecule has 156 valence electrons. The summed E-state index contributed by atoms with van der Waals surface area (Å²) in [5.74, 6) is -0.0540. The van der Waals surface area contributed by atoms with E-state index in [-0.39, 0.29) is 17.6 Å². The lowest BCUT2D eigenvalue weighted by Crippen LogP contribution is -2.49. The Morgan fingerprint density at radius 1 is 1.28 bits per heavy atom. The number of benzene rings is 2. The normalized spacial score (nSPS) is 17.2. The van der Waals surface area contributed by atoms with E-state index in [2.05, 4.69) is 11.4 Å². The van der Waals surface area contributed by atoms with Crippen molar-refractivity contribution in [2.45, 2.75) is 38.3 Å². The number of nitrogens with one attached hydrogen (secondary N) is 1. The van der Waals surface area contributed by atoms with Gasteiger partial charge in [-0.1, -0.05) is 35.9 Å². The number of aryl methyl sites for hydroxylation is 1. The molecule has 8 heteroatoms. The van der Waals surface area contributed by atoms with Gasteiger partial charge in [0.25, 0.3) is 0 Å². The Bertz CT molecular complexity index is 1010. The van der Waals surface area contributed by atoms with E-state index in [1.807, 2.05) is 18.2 Å². The highest BCUT2D eigenvalue weighted by Gasteiger charge is 2.33. The number of ether oxygens (including phenoxy) is 1. The van der Waals surface area contributed by atoms with Crippen molar-refractivity contribution >= 4 is 33.2 Å². The minimum Gasteiger partial charge on any atom is -0.495 e. The fourth-order valence-corrected chi connectivity index (χ4v) is 5.15. The van der Waals surface area contributed by atoms with Gasteiger partial charge in [0, 0.05) is 5.02 Å². The van der Waals surface area contributed by atoms with E-state index in [1.165, 1.54) is 18.7 Å². The van der Waals surface area contributed by atoms with Gasteiger partial charge in [-0.05, 0) is 55.5 Å². The molecule has 2 aromatic rings. The van der Waals surface area contributed by atoms with Gasteiger partial charge in [-0.3, -0.25) is 9.10 Å². The predicted octanol–water partition coefficient (Wildman–Crippen LogP) is 3.70. The third kappa shape index (κ3) is 4.67. The van der Waals surface area contributed by atoms with Crippen molar-refractivity contribution in [3.63, 3.8) is 0 Å². The molecule has 0 heterocycles. The van der Waals surface area contributed by atoms with Gasteiger partial charge in [0.15, 0.2) is 0 Å². The molecule has 0 saturated carbocycles. The molecule has 0 aliphatic heterocycles. The van der Waals surface area contributed by atoms with Crippen molar-refractivity contribution < 1.29 is 17.9 Å². The van der Waals surface area contributed by atoms with Crippen molar-refractivity contribution in [2.24, 2.45) is 0 Å². The first kappa shape index (κ1) is 21.5. The number of carbonyl (C=O) groups is 1. The van der Waals surface area contributed by atoms with Crippen LogP contribution in [0.15, 0.2) is 42.5 Å². The van der Waals surface area contributed by atoms with Crippen LogP contribution in [-0.4, -0.2) is 33.7 Å². The van der Waals surface area contributed by atoms with Gasteiger partial charge in [0.05, 0.1) is 25.1 Å². The second kappa shape index (κ2) is 8.63. The maximum absolute atomic E-state index is 13.1. The summed E-state index contributed by atoms with van der Waals surface area (Å²) in [4.78, 5) is 13.1. The maximum atomic E-state index is 13.1. The quantitative estimate of drug-likeness (QED) is 0.749. The number of anilines is 1. The summed E-state index contributed by atoms with van der Waals surface area (Å²) in [6.45, 7) is 1.56. The van der Waals surface area contributed by atoms with Crippen molar-refractivity contribution in [3.8, 4) is 5.75 Å². The Morgan fingerprint density at radius 2 is 2.00 bits per heavy atom. The number of amides is 1. The number of rotatable bonds is 6. The fourth-order valence-electron chi connectivity index (χ4n) is 3.81. The van der Waals surface area contributed by atoms with Crippen LogP contribution in [0, 0.1) is 0 Å². The molecule has 1 amide bonds. The maximum Gasteiger partial charge on any atom is 0.244 e. The molecule has 29 heavy (non-hydrogen) atoms. The molecule has 6 nitrogen and oxygen atoms in total. The van der Waals surface area contributed by atoms with Crippen LogP contribution >= 0.6 is 11.6 Å². The third-order valence-electron chi connectivity index (χ3n) is 5.15. The van der Waals surface area contributed by atoms with E-state index in [9.17, 15) is 13.2 Å². The predicted molar refractivity (Wildman–Crippen MR) is 115 cm³/mol. The lowest BCUT2D eigenvalue weighted by molar-refractivity contribution is -0.122. The summed E-state index contributed by atoms with van der Waals surface area (Å²) in [6, 6.07) is 11.6. The van der Waals surface area contributed by atoms with Crippen LogP contribution < -0.4 is 14.4 Å². The Balaban J connectivity index is 1.91. The summed E-state index contributed by atoms with van der Waals surface area (Å²) < 4.78 is 31.6. The molecule has 2 atom stereocenters. The van der Waals surface area contributed by atoms with Crippen LogP contribution in [0.1, 0.15) is 36.9 Å². The largest absolute Gasteiger partial charge is 0.495 e. The molecule has 0 spiro atoms. The zero-order valence-corrected chi connectivity index (χ0v) is 18.3. The second-order valence-corrected chi connectivity index (χ2v) is 9.50. The van der Waals surface area contributed by atoms with E-state index in [0.717, 1.165) is 35.4 Å². The topological polar surface area (TPSA) is 75.7 Å². The summed E-state index contributed by atoms with van der Waals surface area (Å²) >= 11 is 6.09. The standard InChI is InChI=1S/C21H25ClN2O4S/c1-14(21(25)23-18-10-6-8-15-7-4-5-9-17(15)18)24(29(3,26)27)19-13-16(22)11-12-20(19)28-2/h4-5,7,9,11-14,18H,6,8,10H2,1-3H3,(H,23,25)/t14-,18-/m1/s1. The van der Waals surface area contributed by atoms with Crippen LogP contribution in [0.4, 0.5) is 5.69 Å². The lowest BCUT2D eigenvalue weighted by atomic mass is 9.87. The summed E-state index contributed by atoms with van der Waals surface area (Å²) in [6.07, 6.45) is 3.82. The van der Waals surface area contributed by atoms with E-state index in [1.54, 1.807) is 19.1 Å². The molecule has 0 saturated heterocycles. The molecule has 0 unspecified atom stereocenters. The Kier molecular flexibility index (Phi) is 6.39. The van der Waals surface area contributed by atoms with E-state index >= 15 is 0 Å². The molecule has 1 N–H and O–H groups in total. The van der Waals surface area contributed by atoms with Gasteiger partial charge in [-0.2, -0.15) is 0 Å². The number of sulfonamides is 1. The van der Waals surface area contributed by atoms with E-state index < -0.39 is 16.1 Å². The van der Waals surface area contributed by atoms with Gasteiger partial charge < -0.3 is 10.1 Å². The SMILES string of the molecule is COc1ccc(Cl)cc1N([C@H](C)C(=O)N[C@@H]1CCCc2ccccc21)S(C)(=O)=O. The van der Waals surface area contributed by atoms with E-state index in [4.69, 9.17) is 16.3 Å². The molecule has 3 rings (SSSR count). The van der Waals surface area contributed by atoms with Gasteiger partial charge in [0.1, 0.15) is 11.8 Å². The molecule has 0 radical (unpaired) electrons. The fraction of sp³-hybridized carbons (Fsp3) is 0.381. The summed E-state index contributed by atoms with van der Waals surface area (Å²) in [7, 11) is -2.34. The zero-order valence-electron chi connectivity index (χ0n) is 16.7. The summed E-state index contributed by atoms with van der Waals surface area (Å²) in [5.41, 5.74) is 2.54. The van der Waals surface area contributed by atoms with Crippen LogP contribution in [0.3, 0.4) is 0 Å².